The number of hydrogen-bond acceptors (Lipinski definition) is 3. The van der Waals surface area contributed by atoms with Crippen LogP contribution in [0.5, 0.6) is 0 Å². The molecule has 2 rings (SSSR count). The molecule has 1 heterocycles. The number of carbonyl (C=O) groups excluding carboxylic acids is 2. The topological polar surface area (TPSA) is 73.5 Å². The number of nitrogens with one attached hydrogen (secondary N) is 3. The summed E-state index contributed by atoms with van der Waals surface area (Å²) >= 11 is 0. The molecule has 24 heavy (non-hydrogen) atoms. The predicted molar refractivity (Wildman–Crippen MR) is 76.2 cm³/mol. The third kappa shape index (κ3) is 3.94. The molecular formula is C14H16F4N4O2. The zero-order valence-electron chi connectivity index (χ0n) is 12.8. The van der Waals surface area contributed by atoms with Crippen molar-refractivity contribution in [3.05, 3.63) is 35.6 Å². The first-order valence-corrected chi connectivity index (χ1v) is 7.08. The molecule has 0 unspecified atom stereocenters. The largest absolute Gasteiger partial charge is 0.409 e. The van der Waals surface area contributed by atoms with Gasteiger partial charge in [-0.25, -0.2) is 18.9 Å². The maximum Gasteiger partial charge on any atom is 0.409 e. The van der Waals surface area contributed by atoms with E-state index in [-0.39, 0.29) is 4.90 Å². The van der Waals surface area contributed by atoms with E-state index in [2.05, 4.69) is 16.0 Å². The van der Waals surface area contributed by atoms with Crippen molar-refractivity contribution in [3.8, 4) is 0 Å². The lowest BCUT2D eigenvalue weighted by Crippen LogP contribution is -2.70. The number of hydrogen-bond donors (Lipinski definition) is 3. The molecule has 6 nitrogen and oxygen atoms in total. The Balaban J connectivity index is 2.04. The summed E-state index contributed by atoms with van der Waals surface area (Å²) in [6.45, 7) is 2.36. The molecule has 0 spiro atoms. The smallest absolute Gasteiger partial charge is 0.304 e. The molecule has 1 saturated heterocycles. The average molecular weight is 348 g/mol. The molecule has 2 atom stereocenters. The quantitative estimate of drug-likeness (QED) is 0.732. The minimum Gasteiger partial charge on any atom is -0.304 e. The maximum atomic E-state index is 13.2. The molecule has 0 radical (unpaired) electrons. The number of alkyl halides is 3. The van der Waals surface area contributed by atoms with Crippen molar-refractivity contribution >= 4 is 12.1 Å². The van der Waals surface area contributed by atoms with E-state index in [4.69, 9.17) is 0 Å². The monoisotopic (exact) mass is 348 g/mol. The highest BCUT2D eigenvalue weighted by atomic mass is 19.4. The number of benzene rings is 1. The van der Waals surface area contributed by atoms with Crippen molar-refractivity contribution in [1.29, 1.82) is 0 Å². The summed E-state index contributed by atoms with van der Waals surface area (Å²) in [4.78, 5) is 23.7. The van der Waals surface area contributed by atoms with Crippen molar-refractivity contribution in [2.45, 2.75) is 38.4 Å². The van der Waals surface area contributed by atoms with Crippen LogP contribution < -0.4 is 16.0 Å². The lowest BCUT2D eigenvalue weighted by molar-refractivity contribution is -0.166. The van der Waals surface area contributed by atoms with E-state index in [0.29, 0.717) is 12.5 Å². The highest BCUT2D eigenvalue weighted by Crippen LogP contribution is 2.25. The SMILES string of the molecule is C[C@H](NC1NC(=O)N([C@@H](C)C(F)(F)F)C(=O)N1)c1cccc(F)c1. The first-order chi connectivity index (χ1) is 11.1. The normalized spacial score (nSPS) is 18.8. The van der Waals surface area contributed by atoms with Crippen molar-refractivity contribution in [2.24, 2.45) is 0 Å². The molecule has 3 N–H and O–H groups in total. The minimum atomic E-state index is -4.73. The fourth-order valence-corrected chi connectivity index (χ4v) is 2.22. The van der Waals surface area contributed by atoms with Gasteiger partial charge >= 0.3 is 18.2 Å². The predicted octanol–water partition coefficient (Wildman–Crippen LogP) is 2.45. The van der Waals surface area contributed by atoms with Gasteiger partial charge in [0.25, 0.3) is 0 Å². The van der Waals surface area contributed by atoms with Crippen molar-refractivity contribution in [3.63, 3.8) is 0 Å². The number of amides is 4. The van der Waals surface area contributed by atoms with Gasteiger partial charge in [0, 0.05) is 6.04 Å². The van der Waals surface area contributed by atoms with Gasteiger partial charge < -0.3 is 10.6 Å². The minimum absolute atomic E-state index is 0.0605. The Labute approximate surface area is 135 Å². The number of halogens is 4. The van der Waals surface area contributed by atoms with Crippen LogP contribution in [-0.4, -0.2) is 35.5 Å². The van der Waals surface area contributed by atoms with Crippen molar-refractivity contribution in [2.75, 3.05) is 0 Å². The van der Waals surface area contributed by atoms with Gasteiger partial charge in [0.05, 0.1) is 0 Å². The average Bonchev–Trinajstić information content (AvgIpc) is 2.45. The van der Waals surface area contributed by atoms with Crippen LogP contribution in [0.2, 0.25) is 0 Å². The Morgan fingerprint density at radius 2 is 1.75 bits per heavy atom. The van der Waals surface area contributed by atoms with Crippen molar-refractivity contribution < 1.29 is 27.2 Å². The first-order valence-electron chi connectivity index (χ1n) is 7.08. The molecule has 132 valence electrons. The summed E-state index contributed by atoms with van der Waals surface area (Å²) in [5, 5.41) is 7.21. The second-order valence-electron chi connectivity index (χ2n) is 5.36. The molecular weight excluding hydrogens is 332 g/mol. The molecule has 4 amide bonds. The van der Waals surface area contributed by atoms with Crippen LogP contribution in [0.4, 0.5) is 27.2 Å². The number of urea groups is 2. The van der Waals surface area contributed by atoms with Gasteiger partial charge in [-0.2, -0.15) is 13.2 Å². The molecule has 0 aliphatic carbocycles. The summed E-state index contributed by atoms with van der Waals surface area (Å²) in [5.41, 5.74) is 0.546. The van der Waals surface area contributed by atoms with E-state index in [1.807, 2.05) is 0 Å². The van der Waals surface area contributed by atoms with Gasteiger partial charge in [-0.15, -0.1) is 0 Å². The van der Waals surface area contributed by atoms with E-state index in [0.717, 1.165) is 0 Å². The Hall–Kier alpha value is -2.36. The van der Waals surface area contributed by atoms with Gasteiger partial charge in [0.2, 0.25) is 0 Å². The molecule has 0 aromatic heterocycles. The van der Waals surface area contributed by atoms with Crippen LogP contribution in [-0.2, 0) is 0 Å². The van der Waals surface area contributed by atoms with Crippen LogP contribution in [0.3, 0.4) is 0 Å². The highest BCUT2D eigenvalue weighted by molar-refractivity contribution is 5.96. The standard InChI is InChI=1S/C14H16F4N4O2/c1-7(9-4-3-5-10(15)6-9)19-11-20-12(23)22(13(24)21-11)8(2)14(16,17)18/h3-8,11,19H,1-2H3,(H,20,23)(H,21,24)/t7-,8-/m0/s1. The van der Waals surface area contributed by atoms with E-state index in [9.17, 15) is 27.2 Å². The fourth-order valence-electron chi connectivity index (χ4n) is 2.22. The Morgan fingerprint density at radius 3 is 2.25 bits per heavy atom. The molecule has 1 aliphatic rings. The Bertz CT molecular complexity index is 619. The van der Waals surface area contributed by atoms with Gasteiger partial charge in [0.1, 0.15) is 11.9 Å². The summed E-state index contributed by atoms with van der Waals surface area (Å²) < 4.78 is 51.3. The van der Waals surface area contributed by atoms with Crippen LogP contribution >= 0.6 is 0 Å². The molecule has 1 fully saturated rings. The van der Waals surface area contributed by atoms with E-state index in [1.54, 1.807) is 13.0 Å². The molecule has 1 aromatic carbocycles. The fraction of sp³-hybridized carbons (Fsp3) is 0.429. The molecule has 0 bridgehead atoms. The molecule has 0 saturated carbocycles. The van der Waals surface area contributed by atoms with Gasteiger partial charge in [0.15, 0.2) is 6.29 Å². The van der Waals surface area contributed by atoms with E-state index >= 15 is 0 Å². The Morgan fingerprint density at radius 1 is 1.17 bits per heavy atom. The number of carbonyl (C=O) groups is 2. The number of rotatable bonds is 4. The van der Waals surface area contributed by atoms with Crippen LogP contribution in [0, 0.1) is 5.82 Å². The number of imide groups is 1. The molecule has 10 heteroatoms. The summed E-state index contributed by atoms with van der Waals surface area (Å²) in [6.07, 6.45) is -5.82. The third-order valence-corrected chi connectivity index (χ3v) is 3.60. The molecule has 1 aliphatic heterocycles. The lowest BCUT2D eigenvalue weighted by Gasteiger charge is -2.37. The first kappa shape index (κ1) is 18.0. The second kappa shape index (κ2) is 6.63. The zero-order chi connectivity index (χ0) is 18.1. The lowest BCUT2D eigenvalue weighted by atomic mass is 10.1. The molecule has 1 aromatic rings. The summed E-state index contributed by atoms with van der Waals surface area (Å²) in [7, 11) is 0. The van der Waals surface area contributed by atoms with Crippen LogP contribution in [0.25, 0.3) is 0 Å². The number of nitrogens with zero attached hydrogens (tertiary/aromatic N) is 1. The van der Waals surface area contributed by atoms with E-state index < -0.39 is 42.4 Å². The summed E-state index contributed by atoms with van der Waals surface area (Å²) in [5.74, 6) is -0.456. The maximum absolute atomic E-state index is 13.2. The van der Waals surface area contributed by atoms with E-state index in [1.165, 1.54) is 18.2 Å². The van der Waals surface area contributed by atoms with Crippen molar-refractivity contribution in [1.82, 2.24) is 20.9 Å². The second-order valence-corrected chi connectivity index (χ2v) is 5.36. The van der Waals surface area contributed by atoms with Gasteiger partial charge in [-0.3, -0.25) is 5.32 Å². The highest BCUT2D eigenvalue weighted by Gasteiger charge is 2.47. The van der Waals surface area contributed by atoms with Crippen LogP contribution in [0.1, 0.15) is 25.5 Å². The van der Waals surface area contributed by atoms with Crippen LogP contribution in [0.15, 0.2) is 24.3 Å². The third-order valence-electron chi connectivity index (χ3n) is 3.60. The zero-order valence-corrected chi connectivity index (χ0v) is 12.8. The van der Waals surface area contributed by atoms with Gasteiger partial charge in [-0.1, -0.05) is 12.1 Å². The summed E-state index contributed by atoms with van der Waals surface area (Å²) in [6, 6.07) is 0.565. The van der Waals surface area contributed by atoms with Gasteiger partial charge in [-0.05, 0) is 31.5 Å². The Kier molecular flexibility index (Phi) is 4.97.